The van der Waals surface area contributed by atoms with Crippen LogP contribution in [-0.2, 0) is 4.74 Å². The van der Waals surface area contributed by atoms with Crippen molar-refractivity contribution < 1.29 is 9.84 Å². The third kappa shape index (κ3) is 8.86. The van der Waals surface area contributed by atoms with Gasteiger partial charge in [-0.2, -0.15) is 0 Å². The van der Waals surface area contributed by atoms with Gasteiger partial charge in [-0.05, 0) is 30.2 Å². The topological polar surface area (TPSA) is 41.5 Å². The van der Waals surface area contributed by atoms with Gasteiger partial charge in [0.2, 0.25) is 0 Å². The maximum Gasteiger partial charge on any atom is 0.0897 e. The van der Waals surface area contributed by atoms with E-state index in [-0.39, 0.29) is 0 Å². The number of benzene rings is 1. The molecule has 3 nitrogen and oxygen atoms in total. The van der Waals surface area contributed by atoms with E-state index >= 15 is 0 Å². The number of aliphatic hydroxyl groups is 1. The van der Waals surface area contributed by atoms with Gasteiger partial charge in [-0.1, -0.05) is 51.1 Å². The molecule has 0 radical (unpaired) electrons. The van der Waals surface area contributed by atoms with Crippen LogP contribution in [0.3, 0.4) is 0 Å². The molecule has 3 heteroatoms. The molecular formula is C18H31NO2. The standard InChI is InChI=1S/C18H31NO2/c1-15(2)8-7-11-21-14-18(20)13-19-12-16(3)17-9-5-4-6-10-17/h4-6,9-10,15-16,18-20H,7-8,11-14H2,1-3H3. The van der Waals surface area contributed by atoms with E-state index in [2.05, 4.69) is 50.4 Å². The van der Waals surface area contributed by atoms with Crippen LogP contribution in [-0.4, -0.2) is 37.5 Å². The van der Waals surface area contributed by atoms with Crippen molar-refractivity contribution in [2.75, 3.05) is 26.3 Å². The molecule has 0 aliphatic heterocycles. The van der Waals surface area contributed by atoms with Crippen LogP contribution >= 0.6 is 0 Å². The summed E-state index contributed by atoms with van der Waals surface area (Å²) in [6.45, 7) is 9.24. The summed E-state index contributed by atoms with van der Waals surface area (Å²) >= 11 is 0. The molecule has 1 rings (SSSR count). The van der Waals surface area contributed by atoms with Crippen LogP contribution in [0.4, 0.5) is 0 Å². The number of rotatable bonds is 11. The molecule has 0 heterocycles. The maximum atomic E-state index is 9.85. The summed E-state index contributed by atoms with van der Waals surface area (Å²) in [7, 11) is 0. The van der Waals surface area contributed by atoms with Gasteiger partial charge < -0.3 is 15.2 Å². The van der Waals surface area contributed by atoms with Crippen LogP contribution in [0.1, 0.15) is 45.1 Å². The number of hydrogen-bond donors (Lipinski definition) is 2. The fraction of sp³-hybridized carbons (Fsp3) is 0.667. The predicted molar refractivity (Wildman–Crippen MR) is 88.6 cm³/mol. The normalized spacial score (nSPS) is 14.3. The van der Waals surface area contributed by atoms with Gasteiger partial charge in [-0.25, -0.2) is 0 Å². The molecule has 21 heavy (non-hydrogen) atoms. The Morgan fingerprint density at radius 1 is 1.10 bits per heavy atom. The lowest BCUT2D eigenvalue weighted by molar-refractivity contribution is 0.0347. The van der Waals surface area contributed by atoms with Crippen molar-refractivity contribution in [3.05, 3.63) is 35.9 Å². The molecule has 0 amide bonds. The van der Waals surface area contributed by atoms with Crippen LogP contribution in [0.15, 0.2) is 30.3 Å². The third-order valence-corrected chi connectivity index (χ3v) is 3.58. The van der Waals surface area contributed by atoms with Gasteiger partial charge in [0, 0.05) is 19.7 Å². The summed E-state index contributed by atoms with van der Waals surface area (Å²) in [6.07, 6.45) is 1.83. The Kier molecular flexibility index (Phi) is 9.31. The first-order chi connectivity index (χ1) is 10.1. The molecule has 1 aromatic rings. The fourth-order valence-corrected chi connectivity index (χ4v) is 2.24. The second-order valence-electron chi connectivity index (χ2n) is 6.23. The lowest BCUT2D eigenvalue weighted by atomic mass is 10.0. The molecule has 0 bridgehead atoms. The molecule has 0 spiro atoms. The van der Waals surface area contributed by atoms with E-state index in [1.807, 2.05) is 6.07 Å². The smallest absolute Gasteiger partial charge is 0.0897 e. The van der Waals surface area contributed by atoms with Gasteiger partial charge >= 0.3 is 0 Å². The van der Waals surface area contributed by atoms with E-state index in [9.17, 15) is 5.11 Å². The zero-order valence-electron chi connectivity index (χ0n) is 13.7. The van der Waals surface area contributed by atoms with E-state index < -0.39 is 6.10 Å². The van der Waals surface area contributed by atoms with Gasteiger partial charge in [0.05, 0.1) is 12.7 Å². The third-order valence-electron chi connectivity index (χ3n) is 3.58. The van der Waals surface area contributed by atoms with Gasteiger partial charge in [0.1, 0.15) is 0 Å². The lowest BCUT2D eigenvalue weighted by Gasteiger charge is -2.16. The minimum atomic E-state index is -0.424. The first-order valence-electron chi connectivity index (χ1n) is 8.11. The van der Waals surface area contributed by atoms with Crippen molar-refractivity contribution >= 4 is 0 Å². The molecule has 2 N–H and O–H groups in total. The van der Waals surface area contributed by atoms with Gasteiger partial charge in [-0.15, -0.1) is 0 Å². The average molecular weight is 293 g/mol. The molecule has 1 aromatic carbocycles. The maximum absolute atomic E-state index is 9.85. The monoisotopic (exact) mass is 293 g/mol. The summed E-state index contributed by atoms with van der Waals surface area (Å²) in [5, 5.41) is 13.2. The molecule has 2 unspecified atom stereocenters. The molecule has 2 atom stereocenters. The van der Waals surface area contributed by atoms with Crippen LogP contribution in [0, 0.1) is 5.92 Å². The predicted octanol–water partition coefficient (Wildman–Crippen LogP) is 3.19. The van der Waals surface area contributed by atoms with Crippen LogP contribution in [0.5, 0.6) is 0 Å². The number of aliphatic hydroxyl groups excluding tert-OH is 1. The number of hydrogen-bond acceptors (Lipinski definition) is 3. The highest BCUT2D eigenvalue weighted by Crippen LogP contribution is 2.12. The van der Waals surface area contributed by atoms with Crippen molar-refractivity contribution in [2.24, 2.45) is 5.92 Å². The number of nitrogens with one attached hydrogen (secondary N) is 1. The highest BCUT2D eigenvalue weighted by molar-refractivity contribution is 5.18. The molecule has 0 fully saturated rings. The minimum absolute atomic E-state index is 0.421. The Morgan fingerprint density at radius 3 is 2.48 bits per heavy atom. The molecule has 0 saturated heterocycles. The van der Waals surface area contributed by atoms with Crippen molar-refractivity contribution in [3.63, 3.8) is 0 Å². The van der Waals surface area contributed by atoms with Crippen molar-refractivity contribution in [1.29, 1.82) is 0 Å². The van der Waals surface area contributed by atoms with Crippen molar-refractivity contribution in [1.82, 2.24) is 5.32 Å². The van der Waals surface area contributed by atoms with Gasteiger partial charge in [-0.3, -0.25) is 0 Å². The zero-order valence-corrected chi connectivity index (χ0v) is 13.7. The highest BCUT2D eigenvalue weighted by atomic mass is 16.5. The quantitative estimate of drug-likeness (QED) is 0.616. The fourth-order valence-electron chi connectivity index (χ4n) is 2.24. The largest absolute Gasteiger partial charge is 0.389 e. The van der Waals surface area contributed by atoms with Crippen molar-refractivity contribution in [2.45, 2.75) is 45.6 Å². The van der Waals surface area contributed by atoms with E-state index in [1.165, 1.54) is 12.0 Å². The summed E-state index contributed by atoms with van der Waals surface area (Å²) in [5.74, 6) is 1.17. The molecule has 0 saturated carbocycles. The average Bonchev–Trinajstić information content (AvgIpc) is 2.47. The van der Waals surface area contributed by atoms with Crippen LogP contribution in [0.25, 0.3) is 0 Å². The Morgan fingerprint density at radius 2 is 1.81 bits per heavy atom. The molecule has 0 aliphatic rings. The minimum Gasteiger partial charge on any atom is -0.389 e. The number of ether oxygens (including phenoxy) is 1. The Balaban J connectivity index is 2.04. The van der Waals surface area contributed by atoms with Crippen molar-refractivity contribution in [3.8, 4) is 0 Å². The first kappa shape index (κ1) is 18.1. The van der Waals surface area contributed by atoms with Gasteiger partial charge in [0.25, 0.3) is 0 Å². The SMILES string of the molecule is CC(C)CCCOCC(O)CNCC(C)c1ccccc1. The second-order valence-corrected chi connectivity index (χ2v) is 6.23. The van der Waals surface area contributed by atoms with Crippen LogP contribution < -0.4 is 5.32 Å². The molecular weight excluding hydrogens is 262 g/mol. The van der Waals surface area contributed by atoms with Gasteiger partial charge in [0.15, 0.2) is 0 Å². The Bertz CT molecular complexity index is 353. The van der Waals surface area contributed by atoms with E-state index in [0.717, 1.165) is 25.5 Å². The summed E-state index contributed by atoms with van der Waals surface area (Å²) in [4.78, 5) is 0. The highest BCUT2D eigenvalue weighted by Gasteiger charge is 2.07. The van der Waals surface area contributed by atoms with E-state index in [4.69, 9.17) is 4.74 Å². The molecule has 0 aromatic heterocycles. The van der Waals surface area contributed by atoms with Crippen LogP contribution in [0.2, 0.25) is 0 Å². The lowest BCUT2D eigenvalue weighted by Crippen LogP contribution is -2.32. The second kappa shape index (κ2) is 10.8. The Labute approximate surface area is 129 Å². The first-order valence-corrected chi connectivity index (χ1v) is 8.11. The Hall–Kier alpha value is -0.900. The van der Waals surface area contributed by atoms with E-state index in [0.29, 0.717) is 19.1 Å². The summed E-state index contributed by atoms with van der Waals surface area (Å²) < 4.78 is 5.50. The summed E-state index contributed by atoms with van der Waals surface area (Å²) in [5.41, 5.74) is 1.32. The zero-order chi connectivity index (χ0) is 15.5. The molecule has 120 valence electrons. The summed E-state index contributed by atoms with van der Waals surface area (Å²) in [6, 6.07) is 10.4. The molecule has 0 aliphatic carbocycles. The van der Waals surface area contributed by atoms with E-state index in [1.54, 1.807) is 0 Å².